The van der Waals surface area contributed by atoms with Crippen LogP contribution < -0.4 is 4.90 Å². The maximum atomic E-state index is 13.6. The van der Waals surface area contributed by atoms with Crippen molar-refractivity contribution in [3.05, 3.63) is 30.3 Å². The lowest BCUT2D eigenvalue weighted by atomic mass is 9.68. The van der Waals surface area contributed by atoms with Crippen molar-refractivity contribution in [2.75, 3.05) is 18.0 Å². The third-order valence-electron chi connectivity index (χ3n) is 10.4. The Hall–Kier alpha value is -1.88. The minimum Gasteiger partial charge on any atom is -0.359 e. The van der Waals surface area contributed by atoms with E-state index in [2.05, 4.69) is 40.1 Å². The van der Waals surface area contributed by atoms with Crippen molar-refractivity contribution in [2.45, 2.75) is 121 Å². The van der Waals surface area contributed by atoms with E-state index in [9.17, 15) is 9.59 Å². The van der Waals surface area contributed by atoms with E-state index in [4.69, 9.17) is 0 Å². The third-order valence-corrected chi connectivity index (χ3v) is 10.4. The van der Waals surface area contributed by atoms with Crippen molar-refractivity contribution in [3.8, 4) is 0 Å². The van der Waals surface area contributed by atoms with Crippen molar-refractivity contribution in [3.63, 3.8) is 0 Å². The van der Waals surface area contributed by atoms with Crippen LogP contribution in [0.1, 0.15) is 90.4 Å². The number of hydrogen-bond donors (Lipinski definition) is 0. The maximum Gasteiger partial charge on any atom is 0.242 e. The fourth-order valence-corrected chi connectivity index (χ4v) is 8.95. The van der Waals surface area contributed by atoms with Crippen LogP contribution in [-0.2, 0) is 9.59 Å². The molecule has 6 rings (SSSR count). The molecule has 5 aliphatic rings. The molecular formula is C31H45N3O2. The highest BCUT2D eigenvalue weighted by Gasteiger charge is 2.46. The van der Waals surface area contributed by atoms with Gasteiger partial charge < -0.3 is 9.80 Å². The fourth-order valence-electron chi connectivity index (χ4n) is 8.95. The van der Waals surface area contributed by atoms with Gasteiger partial charge in [-0.2, -0.15) is 0 Å². The molecule has 5 heteroatoms. The number of ketones is 1. The number of carbonyl (C=O) groups is 2. The molecule has 1 amide bonds. The first-order valence-corrected chi connectivity index (χ1v) is 15.0. The molecule has 0 N–H and O–H groups in total. The monoisotopic (exact) mass is 491 g/mol. The average Bonchev–Trinajstić information content (AvgIpc) is 3.37. The van der Waals surface area contributed by atoms with Gasteiger partial charge in [0, 0.05) is 36.4 Å². The molecule has 2 saturated carbocycles. The Kier molecular flexibility index (Phi) is 7.11. The molecule has 36 heavy (non-hydrogen) atoms. The Balaban J connectivity index is 1.21. The van der Waals surface area contributed by atoms with Gasteiger partial charge in [-0.3, -0.25) is 14.5 Å². The van der Waals surface area contributed by atoms with E-state index in [0.29, 0.717) is 24.7 Å². The van der Waals surface area contributed by atoms with Gasteiger partial charge in [0.25, 0.3) is 0 Å². The van der Waals surface area contributed by atoms with E-state index in [0.717, 1.165) is 43.0 Å². The van der Waals surface area contributed by atoms with Crippen LogP contribution in [0.3, 0.4) is 0 Å². The Morgan fingerprint density at radius 2 is 1.47 bits per heavy atom. The second-order valence-electron chi connectivity index (χ2n) is 12.7. The number of rotatable bonds is 6. The Morgan fingerprint density at radius 1 is 0.806 bits per heavy atom. The summed E-state index contributed by atoms with van der Waals surface area (Å²) in [4.78, 5) is 33.1. The van der Waals surface area contributed by atoms with Crippen LogP contribution in [0.2, 0.25) is 0 Å². The standard InChI is InChI=1S/C31H45N3O2/c1-22(35)30-14-7-15-32(30)31(36)21-33(25-10-3-2-4-11-25)28-19-26-12-6-13-27(20-28)34(26)29-17-23-8-5-9-24(16-23)18-29/h2-4,10-11,23-24,26-30H,5-9,12-21H2,1H3. The molecule has 5 atom stereocenters. The smallest absolute Gasteiger partial charge is 0.242 e. The summed E-state index contributed by atoms with van der Waals surface area (Å²) < 4.78 is 0. The maximum absolute atomic E-state index is 13.6. The SMILES string of the molecule is CC(=O)C1CCCN1C(=O)CN(c1ccccc1)C1CC2CCCC(C1)N2C1CC2CCCC(C2)C1. The summed E-state index contributed by atoms with van der Waals surface area (Å²) >= 11 is 0. The molecule has 1 aromatic rings. The van der Waals surface area contributed by atoms with Gasteiger partial charge in [-0.25, -0.2) is 0 Å². The zero-order valence-corrected chi connectivity index (χ0v) is 22.2. The zero-order valence-electron chi connectivity index (χ0n) is 22.2. The highest BCUT2D eigenvalue weighted by Crippen LogP contribution is 2.46. The average molecular weight is 492 g/mol. The summed E-state index contributed by atoms with van der Waals surface area (Å²) in [6.45, 7) is 2.76. The largest absolute Gasteiger partial charge is 0.359 e. The molecule has 0 spiro atoms. The molecular weight excluding hydrogens is 446 g/mol. The van der Waals surface area contributed by atoms with Crippen LogP contribution >= 0.6 is 0 Å². The number of amides is 1. The number of nitrogens with zero attached hydrogens (tertiary/aromatic N) is 3. The first-order chi connectivity index (χ1) is 17.6. The molecule has 0 radical (unpaired) electrons. The molecule has 1 aromatic carbocycles. The molecule has 3 heterocycles. The van der Waals surface area contributed by atoms with Crippen LogP contribution in [-0.4, -0.2) is 64.8 Å². The van der Waals surface area contributed by atoms with Crippen LogP contribution in [0.15, 0.2) is 30.3 Å². The topological polar surface area (TPSA) is 43.9 Å². The first-order valence-electron chi connectivity index (χ1n) is 15.0. The van der Waals surface area contributed by atoms with Gasteiger partial charge in [0.1, 0.15) is 0 Å². The van der Waals surface area contributed by atoms with Crippen molar-refractivity contribution >= 4 is 17.4 Å². The zero-order chi connectivity index (χ0) is 24.6. The number of piperidine rings is 2. The summed E-state index contributed by atoms with van der Waals surface area (Å²) in [5.74, 6) is 2.19. The van der Waals surface area contributed by atoms with Crippen molar-refractivity contribution in [2.24, 2.45) is 11.8 Å². The Labute approximate surface area is 217 Å². The number of carbonyl (C=O) groups excluding carboxylic acids is 2. The van der Waals surface area contributed by atoms with Crippen LogP contribution in [0.25, 0.3) is 0 Å². The number of fused-ring (bicyclic) bond motifs is 4. The lowest BCUT2D eigenvalue weighted by molar-refractivity contribution is -0.136. The third kappa shape index (κ3) is 4.85. The Bertz CT molecular complexity index is 909. The van der Waals surface area contributed by atoms with Crippen molar-refractivity contribution in [1.29, 1.82) is 0 Å². The van der Waals surface area contributed by atoms with E-state index in [-0.39, 0.29) is 17.7 Å². The number of anilines is 1. The molecule has 2 aliphatic carbocycles. The summed E-state index contributed by atoms with van der Waals surface area (Å²) in [6.07, 6.45) is 16.8. The van der Waals surface area contributed by atoms with Gasteiger partial charge in [0.2, 0.25) is 5.91 Å². The van der Waals surface area contributed by atoms with Gasteiger partial charge in [0.05, 0.1) is 12.6 Å². The molecule has 196 valence electrons. The quantitative estimate of drug-likeness (QED) is 0.532. The number of likely N-dealkylation sites (tertiary alicyclic amines) is 1. The lowest BCUT2D eigenvalue weighted by Gasteiger charge is -2.56. The molecule has 4 bridgehead atoms. The predicted molar refractivity (Wildman–Crippen MR) is 144 cm³/mol. The van der Waals surface area contributed by atoms with Crippen LogP contribution in [0.4, 0.5) is 5.69 Å². The number of benzene rings is 1. The highest BCUT2D eigenvalue weighted by atomic mass is 16.2. The molecule has 5 nitrogen and oxygen atoms in total. The lowest BCUT2D eigenvalue weighted by Crippen LogP contribution is -2.62. The molecule has 5 unspecified atom stereocenters. The highest BCUT2D eigenvalue weighted by molar-refractivity contribution is 5.90. The molecule has 3 saturated heterocycles. The molecule has 0 aromatic heterocycles. The predicted octanol–water partition coefficient (Wildman–Crippen LogP) is 5.43. The number of Topliss-reactive ketones (excluding diaryl/α,β-unsaturated/α-hetero) is 1. The van der Waals surface area contributed by atoms with Gasteiger partial charge in [0.15, 0.2) is 5.78 Å². The number of hydrogen-bond acceptors (Lipinski definition) is 4. The fraction of sp³-hybridized carbons (Fsp3) is 0.742. The van der Waals surface area contributed by atoms with E-state index in [1.807, 2.05) is 4.90 Å². The minimum atomic E-state index is -0.220. The second kappa shape index (κ2) is 10.5. The van der Waals surface area contributed by atoms with Gasteiger partial charge in [-0.1, -0.05) is 43.9 Å². The van der Waals surface area contributed by atoms with E-state index < -0.39 is 0 Å². The van der Waals surface area contributed by atoms with Gasteiger partial charge in [-0.05, 0) is 88.7 Å². The van der Waals surface area contributed by atoms with Crippen molar-refractivity contribution in [1.82, 2.24) is 9.80 Å². The van der Waals surface area contributed by atoms with Gasteiger partial charge >= 0.3 is 0 Å². The van der Waals surface area contributed by atoms with E-state index in [1.165, 1.54) is 70.6 Å². The first kappa shape index (κ1) is 24.5. The molecule has 3 aliphatic heterocycles. The number of para-hydroxylation sites is 1. The van der Waals surface area contributed by atoms with Crippen LogP contribution in [0, 0.1) is 11.8 Å². The van der Waals surface area contributed by atoms with Crippen molar-refractivity contribution < 1.29 is 9.59 Å². The summed E-state index contributed by atoms with van der Waals surface area (Å²) in [7, 11) is 0. The van der Waals surface area contributed by atoms with E-state index in [1.54, 1.807) is 6.92 Å². The molecule has 5 fully saturated rings. The van der Waals surface area contributed by atoms with Crippen LogP contribution in [0.5, 0.6) is 0 Å². The second-order valence-corrected chi connectivity index (χ2v) is 12.7. The summed E-state index contributed by atoms with van der Waals surface area (Å²) in [6, 6.07) is 12.9. The normalized spacial score (nSPS) is 36.5. The van der Waals surface area contributed by atoms with Gasteiger partial charge in [-0.15, -0.1) is 0 Å². The van der Waals surface area contributed by atoms with E-state index >= 15 is 0 Å². The summed E-state index contributed by atoms with van der Waals surface area (Å²) in [5.41, 5.74) is 1.16. The minimum absolute atomic E-state index is 0.129. The summed E-state index contributed by atoms with van der Waals surface area (Å²) in [5, 5.41) is 0. The Morgan fingerprint density at radius 3 is 2.14 bits per heavy atom.